The third kappa shape index (κ3) is 4.07. The Morgan fingerprint density at radius 1 is 0.960 bits per heavy atom. The number of carbonyl (C=O) groups excluding carboxylic acids is 2. The van der Waals surface area contributed by atoms with Crippen molar-refractivity contribution in [1.82, 2.24) is 4.98 Å². The number of H-pyrrole nitrogens is 1. The Labute approximate surface area is 146 Å². The fourth-order valence-electron chi connectivity index (χ4n) is 2.58. The van der Waals surface area contributed by atoms with Crippen molar-refractivity contribution in [2.75, 3.05) is 10.6 Å². The molecule has 0 bridgehead atoms. The van der Waals surface area contributed by atoms with Crippen molar-refractivity contribution in [3.63, 3.8) is 0 Å². The van der Waals surface area contributed by atoms with Crippen LogP contribution in [0.15, 0.2) is 54.7 Å². The van der Waals surface area contributed by atoms with Gasteiger partial charge in [0.25, 0.3) is 0 Å². The van der Waals surface area contributed by atoms with Gasteiger partial charge < -0.3 is 15.6 Å². The van der Waals surface area contributed by atoms with Crippen molar-refractivity contribution in [1.29, 1.82) is 0 Å². The van der Waals surface area contributed by atoms with Gasteiger partial charge in [0, 0.05) is 34.4 Å². The summed E-state index contributed by atoms with van der Waals surface area (Å²) in [6, 6.07) is 15.0. The first-order valence-corrected chi connectivity index (χ1v) is 8.28. The van der Waals surface area contributed by atoms with E-state index in [0.29, 0.717) is 17.8 Å². The van der Waals surface area contributed by atoms with Gasteiger partial charge in [-0.1, -0.05) is 32.0 Å². The number of hydrogen-bond acceptors (Lipinski definition) is 2. The first-order chi connectivity index (χ1) is 12.0. The molecule has 0 saturated carbocycles. The van der Waals surface area contributed by atoms with Gasteiger partial charge in [-0.2, -0.15) is 0 Å². The van der Waals surface area contributed by atoms with E-state index in [1.54, 1.807) is 24.3 Å². The molecule has 0 saturated heterocycles. The summed E-state index contributed by atoms with van der Waals surface area (Å²) in [5, 5.41) is 6.76. The molecule has 5 nitrogen and oxygen atoms in total. The third-order valence-corrected chi connectivity index (χ3v) is 3.99. The number of anilines is 2. The van der Waals surface area contributed by atoms with Gasteiger partial charge in [-0.3, -0.25) is 9.59 Å². The Balaban J connectivity index is 1.62. The SMILES string of the molecule is CC(C)C(=O)Nc1ccc(NC(=O)Cc2c[nH]c3ccccc23)cc1. The molecule has 2 aromatic carbocycles. The molecule has 0 spiro atoms. The number of hydrogen-bond donors (Lipinski definition) is 3. The molecule has 1 heterocycles. The normalized spacial score (nSPS) is 10.8. The summed E-state index contributed by atoms with van der Waals surface area (Å²) in [6.07, 6.45) is 2.17. The number of amides is 2. The van der Waals surface area contributed by atoms with Gasteiger partial charge in [0.2, 0.25) is 11.8 Å². The van der Waals surface area contributed by atoms with Crippen LogP contribution in [0, 0.1) is 5.92 Å². The fraction of sp³-hybridized carbons (Fsp3) is 0.200. The van der Waals surface area contributed by atoms with Crippen molar-refractivity contribution in [3.8, 4) is 0 Å². The molecule has 3 aromatic rings. The zero-order valence-corrected chi connectivity index (χ0v) is 14.3. The van der Waals surface area contributed by atoms with Gasteiger partial charge in [0.1, 0.15) is 0 Å². The second kappa shape index (κ2) is 7.21. The van der Waals surface area contributed by atoms with Crippen molar-refractivity contribution in [2.45, 2.75) is 20.3 Å². The predicted molar refractivity (Wildman–Crippen MR) is 101 cm³/mol. The molecule has 25 heavy (non-hydrogen) atoms. The minimum Gasteiger partial charge on any atom is -0.361 e. The van der Waals surface area contributed by atoms with Gasteiger partial charge in [-0.25, -0.2) is 0 Å². The molecule has 0 aliphatic carbocycles. The van der Waals surface area contributed by atoms with Gasteiger partial charge in [-0.05, 0) is 35.9 Å². The summed E-state index contributed by atoms with van der Waals surface area (Å²) in [4.78, 5) is 27.1. The Bertz CT molecular complexity index is 895. The van der Waals surface area contributed by atoms with Crippen molar-refractivity contribution in [3.05, 3.63) is 60.3 Å². The minimum absolute atomic E-state index is 0.0314. The number of benzene rings is 2. The Morgan fingerprint density at radius 2 is 1.60 bits per heavy atom. The minimum atomic E-state index is -0.0799. The van der Waals surface area contributed by atoms with Crippen molar-refractivity contribution in [2.24, 2.45) is 5.92 Å². The van der Waals surface area contributed by atoms with E-state index in [-0.39, 0.29) is 17.7 Å². The van der Waals surface area contributed by atoms with Crippen LogP contribution in [0.25, 0.3) is 10.9 Å². The first kappa shape index (κ1) is 16.8. The fourth-order valence-corrected chi connectivity index (χ4v) is 2.58. The van der Waals surface area contributed by atoms with Gasteiger partial charge >= 0.3 is 0 Å². The maximum absolute atomic E-state index is 12.3. The average Bonchev–Trinajstić information content (AvgIpc) is 2.99. The number of carbonyl (C=O) groups is 2. The lowest BCUT2D eigenvalue weighted by molar-refractivity contribution is -0.119. The molecule has 3 rings (SSSR count). The number of aromatic nitrogens is 1. The number of aromatic amines is 1. The Morgan fingerprint density at radius 3 is 2.28 bits per heavy atom. The Kier molecular flexibility index (Phi) is 4.84. The molecule has 128 valence electrons. The lowest BCUT2D eigenvalue weighted by Gasteiger charge is -2.09. The van der Waals surface area contributed by atoms with Crippen LogP contribution in [-0.4, -0.2) is 16.8 Å². The smallest absolute Gasteiger partial charge is 0.228 e. The zero-order valence-electron chi connectivity index (χ0n) is 14.3. The van der Waals surface area contributed by atoms with Crippen LogP contribution < -0.4 is 10.6 Å². The molecule has 3 N–H and O–H groups in total. The molecule has 0 fully saturated rings. The molecular weight excluding hydrogens is 314 g/mol. The highest BCUT2D eigenvalue weighted by atomic mass is 16.2. The maximum atomic E-state index is 12.3. The van der Waals surface area contributed by atoms with Crippen LogP contribution in [0.1, 0.15) is 19.4 Å². The van der Waals surface area contributed by atoms with Crippen LogP contribution in [0.4, 0.5) is 11.4 Å². The van der Waals surface area contributed by atoms with Gasteiger partial charge in [0.15, 0.2) is 0 Å². The summed E-state index contributed by atoms with van der Waals surface area (Å²) in [5.41, 5.74) is 3.41. The van der Waals surface area contributed by atoms with Crippen LogP contribution >= 0.6 is 0 Å². The largest absolute Gasteiger partial charge is 0.361 e. The number of fused-ring (bicyclic) bond motifs is 1. The van der Waals surface area contributed by atoms with Crippen LogP contribution in [-0.2, 0) is 16.0 Å². The van der Waals surface area contributed by atoms with Crippen molar-refractivity contribution >= 4 is 34.1 Å². The highest BCUT2D eigenvalue weighted by Crippen LogP contribution is 2.19. The molecule has 0 unspecified atom stereocenters. The van der Waals surface area contributed by atoms with E-state index >= 15 is 0 Å². The average molecular weight is 335 g/mol. The number of rotatable bonds is 5. The van der Waals surface area contributed by atoms with E-state index < -0.39 is 0 Å². The van der Waals surface area contributed by atoms with E-state index in [1.807, 2.05) is 44.3 Å². The number of nitrogens with one attached hydrogen (secondary N) is 3. The highest BCUT2D eigenvalue weighted by molar-refractivity contribution is 5.96. The molecule has 1 aromatic heterocycles. The molecular formula is C20H21N3O2. The van der Waals surface area contributed by atoms with E-state index in [4.69, 9.17) is 0 Å². The predicted octanol–water partition coefficient (Wildman–Crippen LogP) is 3.94. The molecule has 0 radical (unpaired) electrons. The first-order valence-electron chi connectivity index (χ1n) is 8.28. The quantitative estimate of drug-likeness (QED) is 0.660. The molecule has 2 amide bonds. The van der Waals surface area contributed by atoms with Crippen LogP contribution in [0.2, 0.25) is 0 Å². The summed E-state index contributed by atoms with van der Waals surface area (Å²) in [6.45, 7) is 3.68. The highest BCUT2D eigenvalue weighted by Gasteiger charge is 2.10. The summed E-state index contributed by atoms with van der Waals surface area (Å²) in [7, 11) is 0. The standard InChI is InChI=1S/C20H21N3O2/c1-13(2)20(25)23-16-9-7-15(8-10-16)22-19(24)11-14-12-21-18-6-4-3-5-17(14)18/h3-10,12-13,21H,11H2,1-2H3,(H,22,24)(H,23,25). The Hall–Kier alpha value is -3.08. The second-order valence-electron chi connectivity index (χ2n) is 6.31. The molecule has 0 aliphatic rings. The monoisotopic (exact) mass is 335 g/mol. The van der Waals surface area contributed by atoms with E-state index in [9.17, 15) is 9.59 Å². The van der Waals surface area contributed by atoms with Crippen LogP contribution in [0.5, 0.6) is 0 Å². The lowest BCUT2D eigenvalue weighted by atomic mass is 10.1. The van der Waals surface area contributed by atoms with E-state index in [2.05, 4.69) is 15.6 Å². The van der Waals surface area contributed by atoms with E-state index in [0.717, 1.165) is 16.5 Å². The molecule has 0 atom stereocenters. The van der Waals surface area contributed by atoms with Crippen molar-refractivity contribution < 1.29 is 9.59 Å². The third-order valence-electron chi connectivity index (χ3n) is 3.99. The van der Waals surface area contributed by atoms with Crippen LogP contribution in [0.3, 0.4) is 0 Å². The molecule has 5 heteroatoms. The summed E-state index contributed by atoms with van der Waals surface area (Å²) in [5.74, 6) is -0.185. The van der Waals surface area contributed by atoms with E-state index in [1.165, 1.54) is 0 Å². The zero-order chi connectivity index (χ0) is 17.8. The topological polar surface area (TPSA) is 74.0 Å². The number of para-hydroxylation sites is 1. The van der Waals surface area contributed by atoms with Gasteiger partial charge in [0.05, 0.1) is 6.42 Å². The maximum Gasteiger partial charge on any atom is 0.228 e. The second-order valence-corrected chi connectivity index (χ2v) is 6.31. The summed E-state index contributed by atoms with van der Waals surface area (Å²) >= 11 is 0. The summed E-state index contributed by atoms with van der Waals surface area (Å²) < 4.78 is 0. The molecule has 0 aliphatic heterocycles. The van der Waals surface area contributed by atoms with Gasteiger partial charge in [-0.15, -0.1) is 0 Å². The lowest BCUT2D eigenvalue weighted by Crippen LogP contribution is -2.18.